The van der Waals surface area contributed by atoms with Gasteiger partial charge in [0, 0.05) is 49.8 Å². The van der Waals surface area contributed by atoms with Crippen LogP contribution in [0.1, 0.15) is 17.5 Å². The first-order chi connectivity index (χ1) is 12.1. The second kappa shape index (κ2) is 5.44. The van der Waals surface area contributed by atoms with E-state index in [1.165, 1.54) is 27.6 Å². The van der Waals surface area contributed by atoms with Crippen LogP contribution in [0.5, 0.6) is 0 Å². The van der Waals surface area contributed by atoms with E-state index in [0.717, 1.165) is 32.5 Å². The summed E-state index contributed by atoms with van der Waals surface area (Å²) >= 11 is 0. The Morgan fingerprint density at radius 3 is 2.92 bits per heavy atom. The van der Waals surface area contributed by atoms with Crippen molar-refractivity contribution < 1.29 is 4.79 Å². The van der Waals surface area contributed by atoms with Crippen LogP contribution in [0.25, 0.3) is 16.5 Å². The van der Waals surface area contributed by atoms with Crippen molar-refractivity contribution in [2.45, 2.75) is 18.9 Å². The fraction of sp³-hybridized carbons (Fsp3) is 0.450. The number of hydrogen-bond acceptors (Lipinski definition) is 3. The molecule has 2 aromatic rings. The molecular formula is C20H24N4O. The number of rotatable bonds is 1. The van der Waals surface area contributed by atoms with Crippen LogP contribution in [0.15, 0.2) is 30.5 Å². The fourth-order valence-electron chi connectivity index (χ4n) is 4.82. The number of nitrogens with one attached hydrogen (secondary N) is 1. The Balaban J connectivity index is 1.58. The zero-order valence-corrected chi connectivity index (χ0v) is 14.8. The fourth-order valence-corrected chi connectivity index (χ4v) is 4.82. The first-order valence-corrected chi connectivity index (χ1v) is 9.17. The van der Waals surface area contributed by atoms with E-state index in [0.29, 0.717) is 6.04 Å². The van der Waals surface area contributed by atoms with Crippen LogP contribution in [-0.2, 0) is 11.2 Å². The van der Waals surface area contributed by atoms with Crippen LogP contribution in [0.3, 0.4) is 0 Å². The third-order valence-corrected chi connectivity index (χ3v) is 6.10. The van der Waals surface area contributed by atoms with E-state index < -0.39 is 0 Å². The number of fused-ring (bicyclic) bond motifs is 2. The number of likely N-dealkylation sites (N-methyl/N-ethyl adjacent to an activating group) is 1. The summed E-state index contributed by atoms with van der Waals surface area (Å²) in [5.41, 5.74) is 5.21. The Morgan fingerprint density at radius 2 is 2.12 bits per heavy atom. The molecule has 2 atom stereocenters. The minimum absolute atomic E-state index is 0.0625. The smallest absolute Gasteiger partial charge is 0.245 e. The molecule has 1 saturated heterocycles. The second-order valence-electron chi connectivity index (χ2n) is 7.63. The van der Waals surface area contributed by atoms with Crippen molar-refractivity contribution in [3.63, 3.8) is 0 Å². The van der Waals surface area contributed by atoms with Gasteiger partial charge < -0.3 is 4.98 Å². The minimum atomic E-state index is -0.0625. The average Bonchev–Trinajstić information content (AvgIpc) is 3.22. The molecule has 130 valence electrons. The van der Waals surface area contributed by atoms with Crippen molar-refractivity contribution in [2.75, 3.05) is 33.7 Å². The lowest BCUT2D eigenvalue weighted by Gasteiger charge is -2.40. The Kier molecular flexibility index (Phi) is 3.30. The van der Waals surface area contributed by atoms with E-state index in [1.54, 1.807) is 0 Å². The highest BCUT2D eigenvalue weighted by Gasteiger charge is 2.38. The van der Waals surface area contributed by atoms with Gasteiger partial charge in [-0.1, -0.05) is 18.2 Å². The number of nitrogens with zero attached hydrogens (tertiary/aromatic N) is 3. The molecule has 0 saturated carbocycles. The average molecular weight is 336 g/mol. The topological polar surface area (TPSA) is 42.6 Å². The molecule has 5 heteroatoms. The zero-order valence-electron chi connectivity index (χ0n) is 14.8. The highest BCUT2D eigenvalue weighted by atomic mass is 16.2. The van der Waals surface area contributed by atoms with Gasteiger partial charge in [-0.3, -0.25) is 14.7 Å². The summed E-state index contributed by atoms with van der Waals surface area (Å²) in [5, 5.41) is 5.34. The largest absolute Gasteiger partial charge is 0.361 e. The van der Waals surface area contributed by atoms with E-state index >= 15 is 0 Å². The van der Waals surface area contributed by atoms with Crippen molar-refractivity contribution in [3.8, 4) is 0 Å². The van der Waals surface area contributed by atoms with Gasteiger partial charge in [0.15, 0.2) is 0 Å². The Bertz CT molecular complexity index is 883. The lowest BCUT2D eigenvalue weighted by atomic mass is 9.80. The van der Waals surface area contributed by atoms with E-state index in [9.17, 15) is 4.79 Å². The van der Waals surface area contributed by atoms with Gasteiger partial charge in [0.2, 0.25) is 5.91 Å². The van der Waals surface area contributed by atoms with Crippen molar-refractivity contribution in [1.29, 1.82) is 0 Å². The predicted octanol–water partition coefficient (Wildman–Crippen LogP) is 2.12. The van der Waals surface area contributed by atoms with E-state index in [-0.39, 0.29) is 11.8 Å². The standard InChI is InChI=1S/C20H24N4O/c1-22-12-14(20(25)24-8-4-7-23(24)2)9-16-15-5-3-6-17-19(15)13(11-21-17)10-18(16)22/h3,5-6,9,11,14,18,21H,4,7-8,10,12H2,1-2H3. The number of hydrazine groups is 1. The third-order valence-electron chi connectivity index (χ3n) is 6.10. The first kappa shape index (κ1) is 15.2. The van der Waals surface area contributed by atoms with E-state index in [1.807, 2.05) is 12.1 Å². The number of carbonyl (C=O) groups is 1. The summed E-state index contributed by atoms with van der Waals surface area (Å²) < 4.78 is 0. The summed E-state index contributed by atoms with van der Waals surface area (Å²) in [5.74, 6) is 0.178. The summed E-state index contributed by atoms with van der Waals surface area (Å²) in [6.45, 7) is 2.62. The van der Waals surface area contributed by atoms with Crippen LogP contribution in [0, 0.1) is 5.92 Å². The van der Waals surface area contributed by atoms with Crippen molar-refractivity contribution in [3.05, 3.63) is 41.6 Å². The number of H-pyrrole nitrogens is 1. The second-order valence-corrected chi connectivity index (χ2v) is 7.63. The molecule has 3 heterocycles. The summed E-state index contributed by atoms with van der Waals surface area (Å²) in [7, 11) is 4.17. The summed E-state index contributed by atoms with van der Waals surface area (Å²) in [6, 6.07) is 6.83. The molecule has 5 nitrogen and oxygen atoms in total. The molecule has 1 aromatic heterocycles. The minimum Gasteiger partial charge on any atom is -0.361 e. The number of benzene rings is 1. The summed E-state index contributed by atoms with van der Waals surface area (Å²) in [6.07, 6.45) is 6.49. The molecule has 1 aliphatic carbocycles. The maximum absolute atomic E-state index is 13.1. The number of carbonyl (C=O) groups excluding carboxylic acids is 1. The van der Waals surface area contributed by atoms with Crippen LogP contribution in [0.2, 0.25) is 0 Å². The van der Waals surface area contributed by atoms with Gasteiger partial charge in [0.05, 0.1) is 5.92 Å². The molecule has 1 aromatic carbocycles. The highest BCUT2D eigenvalue weighted by Crippen LogP contribution is 2.41. The van der Waals surface area contributed by atoms with E-state index in [4.69, 9.17) is 0 Å². The molecular weight excluding hydrogens is 312 g/mol. The Labute approximate surface area is 147 Å². The Morgan fingerprint density at radius 1 is 1.24 bits per heavy atom. The van der Waals surface area contributed by atoms with E-state index in [2.05, 4.69) is 52.4 Å². The number of amides is 1. The normalized spacial score (nSPS) is 26.8. The molecule has 1 fully saturated rings. The highest BCUT2D eigenvalue weighted by molar-refractivity contribution is 5.99. The lowest BCUT2D eigenvalue weighted by Crippen LogP contribution is -2.49. The molecule has 0 bridgehead atoms. The SMILES string of the molecule is CN1CC(C(=O)N2CCCN2C)C=C2c3cccc4[nH]cc(c34)CC21. The van der Waals surface area contributed by atoms with Crippen LogP contribution in [-0.4, -0.2) is 65.6 Å². The molecule has 0 spiro atoms. The Hall–Kier alpha value is -2.11. The van der Waals surface area contributed by atoms with Crippen LogP contribution < -0.4 is 0 Å². The molecule has 25 heavy (non-hydrogen) atoms. The lowest BCUT2D eigenvalue weighted by molar-refractivity contribution is -0.145. The van der Waals surface area contributed by atoms with Crippen molar-refractivity contribution in [2.24, 2.45) is 5.92 Å². The zero-order chi connectivity index (χ0) is 17.1. The molecule has 1 amide bonds. The number of aromatic nitrogens is 1. The monoisotopic (exact) mass is 336 g/mol. The molecule has 3 aliphatic rings. The van der Waals surface area contributed by atoms with Gasteiger partial charge in [0.25, 0.3) is 0 Å². The van der Waals surface area contributed by atoms with Crippen molar-refractivity contribution in [1.82, 2.24) is 19.9 Å². The van der Waals surface area contributed by atoms with Gasteiger partial charge in [-0.15, -0.1) is 0 Å². The maximum Gasteiger partial charge on any atom is 0.245 e. The predicted molar refractivity (Wildman–Crippen MR) is 98.8 cm³/mol. The van der Waals surface area contributed by atoms with Gasteiger partial charge in [-0.2, -0.15) is 0 Å². The quantitative estimate of drug-likeness (QED) is 0.867. The number of aromatic amines is 1. The summed E-state index contributed by atoms with van der Waals surface area (Å²) in [4.78, 5) is 18.8. The third kappa shape index (κ3) is 2.19. The molecule has 2 unspecified atom stereocenters. The van der Waals surface area contributed by atoms with Crippen molar-refractivity contribution >= 4 is 22.4 Å². The van der Waals surface area contributed by atoms with Gasteiger partial charge in [-0.25, -0.2) is 5.01 Å². The number of hydrogen-bond donors (Lipinski definition) is 1. The van der Waals surface area contributed by atoms with Crippen LogP contribution in [0.4, 0.5) is 0 Å². The molecule has 1 N–H and O–H groups in total. The molecule has 0 radical (unpaired) electrons. The van der Waals surface area contributed by atoms with Gasteiger partial charge >= 0.3 is 0 Å². The van der Waals surface area contributed by atoms with Gasteiger partial charge in [0.1, 0.15) is 0 Å². The molecule has 2 aliphatic heterocycles. The van der Waals surface area contributed by atoms with Gasteiger partial charge in [-0.05, 0) is 42.7 Å². The maximum atomic E-state index is 13.1. The molecule has 5 rings (SSSR count). The first-order valence-electron chi connectivity index (χ1n) is 9.17. The van der Waals surface area contributed by atoms with Crippen LogP contribution >= 0.6 is 0 Å².